The predicted octanol–water partition coefficient (Wildman–Crippen LogP) is 8.29. The Labute approximate surface area is 277 Å². The number of hydrogen-bond acceptors (Lipinski definition) is 7. The maximum atomic E-state index is 15.1. The zero-order chi connectivity index (χ0) is 33.0. The van der Waals surface area contributed by atoms with Crippen molar-refractivity contribution in [1.29, 1.82) is 0 Å². The topological polar surface area (TPSA) is 90.9 Å². The van der Waals surface area contributed by atoms with Gasteiger partial charge in [-0.2, -0.15) is 4.31 Å². The molecule has 6 aromatic rings. The zero-order valence-electron chi connectivity index (χ0n) is 25.4. The Morgan fingerprint density at radius 1 is 0.723 bits per heavy atom. The van der Waals surface area contributed by atoms with Crippen LogP contribution in [0.25, 0.3) is 22.2 Å². The van der Waals surface area contributed by atoms with E-state index in [2.05, 4.69) is 9.97 Å². The molecule has 0 N–H and O–H groups in total. The van der Waals surface area contributed by atoms with E-state index in [4.69, 9.17) is 25.8 Å². The number of aromatic nitrogens is 2. The Balaban J connectivity index is 1.31. The molecular formula is C36H29ClFN3O5S. The van der Waals surface area contributed by atoms with Gasteiger partial charge in [-0.15, -0.1) is 0 Å². The standard InChI is InChI=1S/C36H29ClFN3O5S/c1-44-26-13-9-24(10-14-26)21-41(22-25-11-15-27(45-2)16-12-25)47(42,43)30-6-3-5-28(19-30)46-29-17-18-34(38)32(20-29)35-31-7-4-8-33(37)36(31)40-23-39-35/h3-20,23H,21-22H2,1-2H3. The molecule has 0 unspecified atom stereocenters. The van der Waals surface area contributed by atoms with E-state index in [1.807, 2.05) is 24.3 Å². The Kier molecular flexibility index (Phi) is 9.35. The maximum absolute atomic E-state index is 15.1. The Hall–Kier alpha value is -5.03. The van der Waals surface area contributed by atoms with Crippen molar-refractivity contribution in [2.24, 2.45) is 0 Å². The molecule has 0 radical (unpaired) electrons. The molecule has 0 saturated heterocycles. The highest BCUT2D eigenvalue weighted by molar-refractivity contribution is 7.89. The summed E-state index contributed by atoms with van der Waals surface area (Å²) in [5.74, 6) is 1.38. The molecule has 0 aliphatic rings. The van der Waals surface area contributed by atoms with Crippen molar-refractivity contribution >= 4 is 32.5 Å². The number of rotatable bonds is 11. The van der Waals surface area contributed by atoms with Crippen LogP contribution < -0.4 is 14.2 Å². The lowest BCUT2D eigenvalue weighted by Gasteiger charge is -2.23. The summed E-state index contributed by atoms with van der Waals surface area (Å²) in [7, 11) is -0.879. The minimum atomic E-state index is -4.03. The third kappa shape index (κ3) is 7.05. The molecule has 0 amide bonds. The monoisotopic (exact) mass is 669 g/mol. The molecule has 0 saturated carbocycles. The first-order valence-corrected chi connectivity index (χ1v) is 16.3. The van der Waals surface area contributed by atoms with Crippen molar-refractivity contribution in [3.05, 3.63) is 137 Å². The summed E-state index contributed by atoms with van der Waals surface area (Å²) in [6, 6.07) is 30.2. The van der Waals surface area contributed by atoms with E-state index >= 15 is 4.39 Å². The SMILES string of the molecule is COc1ccc(CN(Cc2ccc(OC)cc2)S(=O)(=O)c2cccc(Oc3ccc(F)c(-c4ncnc5c(Cl)cccc45)c3)c2)cc1. The summed E-state index contributed by atoms with van der Waals surface area (Å²) >= 11 is 6.31. The van der Waals surface area contributed by atoms with Crippen molar-refractivity contribution in [2.45, 2.75) is 18.0 Å². The second-order valence-corrected chi connectivity index (χ2v) is 12.9. The molecule has 5 aromatic carbocycles. The van der Waals surface area contributed by atoms with Crippen LogP contribution in [0.15, 0.2) is 120 Å². The first-order chi connectivity index (χ1) is 22.7. The lowest BCUT2D eigenvalue weighted by molar-refractivity contribution is 0.397. The second kappa shape index (κ2) is 13.8. The van der Waals surface area contributed by atoms with E-state index in [0.717, 1.165) is 11.1 Å². The third-order valence-corrected chi connectivity index (χ3v) is 9.62. The van der Waals surface area contributed by atoms with E-state index in [1.54, 1.807) is 68.8 Å². The lowest BCUT2D eigenvalue weighted by atomic mass is 10.1. The van der Waals surface area contributed by atoms with Crippen LogP contribution in [0, 0.1) is 5.82 Å². The molecule has 0 aliphatic carbocycles. The van der Waals surface area contributed by atoms with Gasteiger partial charge in [0.05, 0.1) is 35.3 Å². The predicted molar refractivity (Wildman–Crippen MR) is 179 cm³/mol. The summed E-state index contributed by atoms with van der Waals surface area (Å²) in [6.45, 7) is 0.226. The minimum absolute atomic E-state index is 0.0378. The highest BCUT2D eigenvalue weighted by Gasteiger charge is 2.26. The van der Waals surface area contributed by atoms with Gasteiger partial charge in [0.15, 0.2) is 0 Å². The number of sulfonamides is 1. The fourth-order valence-electron chi connectivity index (χ4n) is 5.09. The second-order valence-electron chi connectivity index (χ2n) is 10.5. The van der Waals surface area contributed by atoms with Crippen LogP contribution in [-0.4, -0.2) is 36.9 Å². The van der Waals surface area contributed by atoms with E-state index in [-0.39, 0.29) is 35.0 Å². The molecule has 0 bridgehead atoms. The molecule has 0 aliphatic heterocycles. The van der Waals surface area contributed by atoms with Gasteiger partial charge in [-0.1, -0.05) is 54.1 Å². The Bertz CT molecular complexity index is 2100. The first kappa shape index (κ1) is 31.9. The fraction of sp³-hybridized carbons (Fsp3) is 0.111. The molecule has 0 fully saturated rings. The number of ether oxygens (including phenoxy) is 3. The van der Waals surface area contributed by atoms with Crippen LogP contribution >= 0.6 is 11.6 Å². The zero-order valence-corrected chi connectivity index (χ0v) is 27.0. The van der Waals surface area contributed by atoms with Crippen LogP contribution in [0.4, 0.5) is 4.39 Å². The molecule has 1 aromatic heterocycles. The van der Waals surface area contributed by atoms with Gasteiger partial charge < -0.3 is 14.2 Å². The van der Waals surface area contributed by atoms with E-state index in [1.165, 1.54) is 41.0 Å². The number of methoxy groups -OCH3 is 2. The van der Waals surface area contributed by atoms with Crippen LogP contribution in [0.3, 0.4) is 0 Å². The maximum Gasteiger partial charge on any atom is 0.243 e. The average Bonchev–Trinajstić information content (AvgIpc) is 3.09. The van der Waals surface area contributed by atoms with Gasteiger partial charge in [0.2, 0.25) is 10.0 Å². The van der Waals surface area contributed by atoms with Gasteiger partial charge in [0.1, 0.15) is 35.1 Å². The normalized spacial score (nSPS) is 11.5. The number of benzene rings is 5. The van der Waals surface area contributed by atoms with Crippen molar-refractivity contribution < 1.29 is 27.0 Å². The summed E-state index contributed by atoms with van der Waals surface area (Å²) in [5.41, 5.74) is 2.60. The molecule has 8 nitrogen and oxygen atoms in total. The third-order valence-electron chi connectivity index (χ3n) is 7.52. The molecule has 238 valence electrons. The van der Waals surface area contributed by atoms with Crippen molar-refractivity contribution in [2.75, 3.05) is 14.2 Å². The minimum Gasteiger partial charge on any atom is -0.497 e. The molecule has 1 heterocycles. The van der Waals surface area contributed by atoms with Gasteiger partial charge in [0, 0.05) is 30.1 Å². The number of para-hydroxylation sites is 1. The van der Waals surface area contributed by atoms with Gasteiger partial charge in [-0.05, 0) is 71.8 Å². The highest BCUT2D eigenvalue weighted by atomic mass is 35.5. The van der Waals surface area contributed by atoms with Gasteiger partial charge >= 0.3 is 0 Å². The summed E-state index contributed by atoms with van der Waals surface area (Å²) in [4.78, 5) is 8.59. The lowest BCUT2D eigenvalue weighted by Crippen LogP contribution is -2.30. The van der Waals surface area contributed by atoms with Crippen LogP contribution in [0.1, 0.15) is 11.1 Å². The van der Waals surface area contributed by atoms with Gasteiger partial charge in [-0.25, -0.2) is 22.8 Å². The smallest absolute Gasteiger partial charge is 0.243 e. The van der Waals surface area contributed by atoms with Crippen molar-refractivity contribution in [1.82, 2.24) is 14.3 Å². The van der Waals surface area contributed by atoms with Crippen LogP contribution in [0.5, 0.6) is 23.0 Å². The molecule has 11 heteroatoms. The van der Waals surface area contributed by atoms with E-state index < -0.39 is 15.8 Å². The largest absolute Gasteiger partial charge is 0.497 e. The summed E-state index contributed by atoms with van der Waals surface area (Å²) < 4.78 is 61.5. The Morgan fingerprint density at radius 3 is 1.96 bits per heavy atom. The van der Waals surface area contributed by atoms with E-state index in [9.17, 15) is 8.42 Å². The summed E-state index contributed by atoms with van der Waals surface area (Å²) in [5, 5.41) is 1.00. The number of halogens is 2. The van der Waals surface area contributed by atoms with Crippen molar-refractivity contribution in [3.8, 4) is 34.3 Å². The molecule has 47 heavy (non-hydrogen) atoms. The molecule has 0 atom stereocenters. The molecular weight excluding hydrogens is 641 g/mol. The molecule has 6 rings (SSSR count). The quantitative estimate of drug-likeness (QED) is 0.137. The fourth-order valence-corrected chi connectivity index (χ4v) is 6.77. The van der Waals surface area contributed by atoms with E-state index in [0.29, 0.717) is 33.1 Å². The highest BCUT2D eigenvalue weighted by Crippen LogP contribution is 2.35. The molecule has 0 spiro atoms. The summed E-state index contributed by atoms with van der Waals surface area (Å²) in [6.07, 6.45) is 1.33. The Morgan fingerprint density at radius 2 is 1.32 bits per heavy atom. The van der Waals surface area contributed by atoms with Crippen molar-refractivity contribution in [3.63, 3.8) is 0 Å². The number of hydrogen-bond donors (Lipinski definition) is 0. The van der Waals surface area contributed by atoms with Crippen LogP contribution in [0.2, 0.25) is 5.02 Å². The van der Waals surface area contributed by atoms with Gasteiger partial charge in [0.25, 0.3) is 0 Å². The van der Waals surface area contributed by atoms with Crippen LogP contribution in [-0.2, 0) is 23.1 Å². The number of fused-ring (bicyclic) bond motifs is 1. The average molecular weight is 670 g/mol. The van der Waals surface area contributed by atoms with Gasteiger partial charge in [-0.3, -0.25) is 0 Å². The first-order valence-electron chi connectivity index (χ1n) is 14.5. The number of nitrogens with zero attached hydrogens (tertiary/aromatic N) is 3.